The van der Waals surface area contributed by atoms with E-state index in [-0.39, 0.29) is 48.4 Å². The molecule has 9 nitrogen and oxygen atoms in total. The Labute approximate surface area is 209 Å². The predicted octanol–water partition coefficient (Wildman–Crippen LogP) is 4.13. The van der Waals surface area contributed by atoms with Crippen molar-refractivity contribution in [2.45, 2.75) is 32.7 Å². The highest BCUT2D eigenvalue weighted by atomic mass is 19.1. The molecular formula is C26H30FN3O6. The summed E-state index contributed by atoms with van der Waals surface area (Å²) in [5.41, 5.74) is 1.80. The van der Waals surface area contributed by atoms with Gasteiger partial charge in [0, 0.05) is 17.7 Å². The summed E-state index contributed by atoms with van der Waals surface area (Å²) in [7, 11) is 4.27. The first-order chi connectivity index (χ1) is 17.0. The lowest BCUT2D eigenvalue weighted by Gasteiger charge is -2.27. The minimum atomic E-state index is -0.693. The van der Waals surface area contributed by atoms with Gasteiger partial charge in [-0.05, 0) is 29.2 Å². The Hall–Kier alpha value is -3.82. The number of nitrogens with one attached hydrogen (secondary N) is 1. The van der Waals surface area contributed by atoms with E-state index >= 15 is 4.39 Å². The van der Waals surface area contributed by atoms with Gasteiger partial charge in [-0.3, -0.25) is 15.1 Å². The number of Topliss-reactive ketones (excluding diaryl/α,β-unsaturated/α-hetero) is 1. The highest BCUT2D eigenvalue weighted by molar-refractivity contribution is 6.06. The lowest BCUT2D eigenvalue weighted by Crippen LogP contribution is -2.31. The van der Waals surface area contributed by atoms with Crippen molar-refractivity contribution in [3.63, 3.8) is 0 Å². The normalized spacial score (nSPS) is 15.2. The van der Waals surface area contributed by atoms with Crippen molar-refractivity contribution in [3.05, 3.63) is 46.3 Å². The maximum absolute atomic E-state index is 15.1. The average Bonchev–Trinajstić information content (AvgIpc) is 3.39. The van der Waals surface area contributed by atoms with Gasteiger partial charge >= 0.3 is 6.09 Å². The fraction of sp³-hybridized carbons (Fsp3) is 0.423. The highest BCUT2D eigenvalue weighted by Gasteiger charge is 2.35. The number of cyclic esters (lactones) is 1. The van der Waals surface area contributed by atoms with E-state index in [4.69, 9.17) is 24.4 Å². The van der Waals surface area contributed by atoms with Crippen molar-refractivity contribution in [2.75, 3.05) is 45.9 Å². The zero-order chi connectivity index (χ0) is 26.4. The Kier molecular flexibility index (Phi) is 6.55. The molecule has 1 N–H and O–H groups in total. The number of carbonyl (C=O) groups is 2. The van der Waals surface area contributed by atoms with Crippen molar-refractivity contribution >= 4 is 23.4 Å². The number of anilines is 1. The van der Waals surface area contributed by atoms with Crippen LogP contribution in [0.15, 0.2) is 18.2 Å². The summed E-state index contributed by atoms with van der Waals surface area (Å²) in [6.45, 7) is 6.56. The molecule has 1 amide bonds. The molecule has 2 aromatic carbocycles. The third-order valence-corrected chi connectivity index (χ3v) is 6.40. The molecule has 0 atom stereocenters. The molecule has 0 aromatic heterocycles. The molecule has 0 unspecified atom stereocenters. The summed E-state index contributed by atoms with van der Waals surface area (Å²) < 4.78 is 36.3. The summed E-state index contributed by atoms with van der Waals surface area (Å²) in [6, 6.07) is 4.99. The van der Waals surface area contributed by atoms with Crippen molar-refractivity contribution in [1.82, 2.24) is 4.90 Å². The molecule has 1 fully saturated rings. The first kappa shape index (κ1) is 25.3. The molecule has 1 saturated heterocycles. The van der Waals surface area contributed by atoms with Crippen LogP contribution in [-0.4, -0.2) is 63.6 Å². The standard InChI is InChI=1S/C26H30FN3O6/c1-26(2,3)16-9-14(10-17(22(16)34-5)30-7-8-36-25(30)32)18(31)13-29-12-15-11-19(33-4)23(35-6)21(27)20(15)24(29)28/h9-11,28H,7-8,12-13H2,1-6H3. The quantitative estimate of drug-likeness (QED) is 0.572. The minimum Gasteiger partial charge on any atom is -0.494 e. The number of methoxy groups -OCH3 is 3. The number of nitrogens with zero attached hydrogens (tertiary/aromatic N) is 2. The maximum Gasteiger partial charge on any atom is 0.414 e. The van der Waals surface area contributed by atoms with E-state index in [1.165, 1.54) is 31.1 Å². The van der Waals surface area contributed by atoms with Crippen LogP contribution in [0.4, 0.5) is 14.9 Å². The van der Waals surface area contributed by atoms with Gasteiger partial charge < -0.3 is 23.8 Å². The highest BCUT2D eigenvalue weighted by Crippen LogP contribution is 2.42. The number of halogens is 1. The SMILES string of the molecule is COc1cc2c(c(F)c1OC)C(=N)N(CC(=O)c1cc(N3CCOC3=O)c(OC)c(C(C)(C)C)c1)C2. The number of benzene rings is 2. The van der Waals surface area contributed by atoms with Gasteiger partial charge in [-0.15, -0.1) is 0 Å². The van der Waals surface area contributed by atoms with Crippen molar-refractivity contribution in [2.24, 2.45) is 0 Å². The number of amidine groups is 1. The number of amides is 1. The Morgan fingerprint density at radius 1 is 1.11 bits per heavy atom. The second-order valence-electron chi connectivity index (χ2n) is 9.68. The monoisotopic (exact) mass is 499 g/mol. The van der Waals surface area contributed by atoms with Gasteiger partial charge in [-0.25, -0.2) is 9.18 Å². The Bertz CT molecular complexity index is 1250. The van der Waals surface area contributed by atoms with Crippen LogP contribution in [0, 0.1) is 11.2 Å². The van der Waals surface area contributed by atoms with Crippen molar-refractivity contribution in [3.8, 4) is 17.2 Å². The van der Waals surface area contributed by atoms with Crippen LogP contribution in [-0.2, 0) is 16.7 Å². The lowest BCUT2D eigenvalue weighted by atomic mass is 9.84. The van der Waals surface area contributed by atoms with E-state index in [9.17, 15) is 9.59 Å². The molecule has 2 aliphatic heterocycles. The molecule has 0 spiro atoms. The summed E-state index contributed by atoms with van der Waals surface area (Å²) >= 11 is 0. The van der Waals surface area contributed by atoms with Crippen LogP contribution in [0.1, 0.15) is 47.8 Å². The van der Waals surface area contributed by atoms with Gasteiger partial charge in [-0.1, -0.05) is 20.8 Å². The summed E-state index contributed by atoms with van der Waals surface area (Å²) in [5, 5.41) is 8.54. The van der Waals surface area contributed by atoms with Gasteiger partial charge in [0.2, 0.25) is 0 Å². The molecule has 2 aromatic rings. The molecule has 0 radical (unpaired) electrons. The van der Waals surface area contributed by atoms with Gasteiger partial charge in [0.25, 0.3) is 0 Å². The third kappa shape index (κ3) is 4.20. The molecule has 0 saturated carbocycles. The molecule has 4 rings (SSSR count). The topological polar surface area (TPSA) is 101 Å². The molecular weight excluding hydrogens is 469 g/mol. The fourth-order valence-corrected chi connectivity index (χ4v) is 4.58. The number of rotatable bonds is 7. The van der Waals surface area contributed by atoms with E-state index < -0.39 is 17.3 Å². The van der Waals surface area contributed by atoms with E-state index in [2.05, 4.69) is 0 Å². The second-order valence-corrected chi connectivity index (χ2v) is 9.68. The van der Waals surface area contributed by atoms with Gasteiger partial charge in [0.1, 0.15) is 18.2 Å². The largest absolute Gasteiger partial charge is 0.494 e. The van der Waals surface area contributed by atoms with E-state index in [0.717, 1.165) is 5.56 Å². The maximum atomic E-state index is 15.1. The van der Waals surface area contributed by atoms with Gasteiger partial charge in [0.05, 0.1) is 45.7 Å². The second kappa shape index (κ2) is 9.33. The molecule has 36 heavy (non-hydrogen) atoms. The third-order valence-electron chi connectivity index (χ3n) is 6.40. The zero-order valence-corrected chi connectivity index (χ0v) is 21.3. The lowest BCUT2D eigenvalue weighted by molar-refractivity contribution is 0.0962. The minimum absolute atomic E-state index is 0.0821. The van der Waals surface area contributed by atoms with Crippen LogP contribution in [0.2, 0.25) is 0 Å². The molecule has 2 heterocycles. The molecule has 0 bridgehead atoms. The average molecular weight is 500 g/mol. The molecule has 192 valence electrons. The Balaban J connectivity index is 1.70. The number of hydrogen-bond acceptors (Lipinski definition) is 7. The van der Waals surface area contributed by atoms with Gasteiger partial charge in [-0.2, -0.15) is 0 Å². The first-order valence-corrected chi connectivity index (χ1v) is 11.5. The molecule has 2 aliphatic rings. The van der Waals surface area contributed by atoms with Gasteiger partial charge in [0.15, 0.2) is 23.1 Å². The van der Waals surface area contributed by atoms with Crippen LogP contribution in [0.25, 0.3) is 0 Å². The molecule has 10 heteroatoms. The number of carbonyl (C=O) groups excluding carboxylic acids is 2. The number of hydrogen-bond donors (Lipinski definition) is 1. The fourth-order valence-electron chi connectivity index (χ4n) is 4.58. The number of ether oxygens (including phenoxy) is 4. The predicted molar refractivity (Wildman–Crippen MR) is 131 cm³/mol. The first-order valence-electron chi connectivity index (χ1n) is 11.5. The summed E-state index contributed by atoms with van der Waals surface area (Å²) in [4.78, 5) is 28.8. The van der Waals surface area contributed by atoms with Crippen LogP contribution < -0.4 is 19.1 Å². The Morgan fingerprint density at radius 3 is 2.36 bits per heavy atom. The van der Waals surface area contributed by atoms with Crippen molar-refractivity contribution < 1.29 is 32.9 Å². The smallest absolute Gasteiger partial charge is 0.414 e. The van der Waals surface area contributed by atoms with Crippen molar-refractivity contribution in [1.29, 1.82) is 5.41 Å². The summed E-state index contributed by atoms with van der Waals surface area (Å²) in [5.74, 6) is -0.441. The van der Waals surface area contributed by atoms with Crippen LogP contribution in [0.5, 0.6) is 17.2 Å². The number of fused-ring (bicyclic) bond motifs is 1. The Morgan fingerprint density at radius 2 is 1.81 bits per heavy atom. The summed E-state index contributed by atoms with van der Waals surface area (Å²) in [6.07, 6.45) is -0.507. The molecule has 0 aliphatic carbocycles. The van der Waals surface area contributed by atoms with Crippen LogP contribution in [0.3, 0.4) is 0 Å². The van der Waals surface area contributed by atoms with E-state index in [0.29, 0.717) is 29.1 Å². The van der Waals surface area contributed by atoms with Crippen LogP contribution >= 0.6 is 0 Å². The van der Waals surface area contributed by atoms with E-state index in [1.54, 1.807) is 18.2 Å². The zero-order valence-electron chi connectivity index (χ0n) is 21.3. The number of ketones is 1. The van der Waals surface area contributed by atoms with E-state index in [1.807, 2.05) is 20.8 Å².